The molecule has 1 aromatic rings. The first kappa shape index (κ1) is 13.9. The van der Waals surface area contributed by atoms with Crippen LogP contribution >= 0.6 is 11.6 Å². The first-order valence-corrected chi connectivity index (χ1v) is 6.99. The van der Waals surface area contributed by atoms with Crippen LogP contribution in [0.2, 0.25) is 5.02 Å². The molecule has 0 aliphatic carbocycles. The van der Waals surface area contributed by atoms with Crippen LogP contribution in [0.1, 0.15) is 45.2 Å². The van der Waals surface area contributed by atoms with Crippen LogP contribution in [0, 0.1) is 0 Å². The van der Waals surface area contributed by atoms with Crippen molar-refractivity contribution in [2.24, 2.45) is 0 Å². The molecule has 2 unspecified atom stereocenters. The lowest BCUT2D eigenvalue weighted by molar-refractivity contribution is -0.0639. The maximum atomic E-state index is 6.03. The Kier molecular flexibility index (Phi) is 4.31. The maximum Gasteiger partial charge on any atom is 0.0641 e. The van der Waals surface area contributed by atoms with E-state index < -0.39 is 0 Å². The molecule has 0 amide bonds. The third-order valence-electron chi connectivity index (χ3n) is 3.53. The summed E-state index contributed by atoms with van der Waals surface area (Å²) in [6.07, 6.45) is 2.13. The lowest BCUT2D eigenvalue weighted by Crippen LogP contribution is -2.44. The molecule has 2 nitrogen and oxygen atoms in total. The molecule has 2 rings (SSSR count). The standard InChI is InChI=1S/C15H22ClNO/c1-11(12-5-4-6-13(16)9-12)17-14-7-8-18-15(2,3)10-14/h4-6,9,11,14,17H,7-8,10H2,1-3H3. The fourth-order valence-corrected chi connectivity index (χ4v) is 2.80. The SMILES string of the molecule is CC(NC1CCOC(C)(C)C1)c1cccc(Cl)c1. The number of rotatable bonds is 3. The average molecular weight is 268 g/mol. The lowest BCUT2D eigenvalue weighted by Gasteiger charge is -2.37. The predicted octanol–water partition coefficient (Wildman–Crippen LogP) is 3.95. The highest BCUT2D eigenvalue weighted by Gasteiger charge is 2.29. The predicted molar refractivity (Wildman–Crippen MR) is 76.1 cm³/mol. The van der Waals surface area contributed by atoms with Crippen LogP contribution in [0.3, 0.4) is 0 Å². The second-order valence-electron chi connectivity index (χ2n) is 5.74. The zero-order chi connectivity index (χ0) is 13.2. The molecule has 100 valence electrons. The van der Waals surface area contributed by atoms with Gasteiger partial charge in [0.05, 0.1) is 5.60 Å². The quantitative estimate of drug-likeness (QED) is 0.895. The molecule has 0 bridgehead atoms. The molecule has 0 spiro atoms. The van der Waals surface area contributed by atoms with Gasteiger partial charge in [0.15, 0.2) is 0 Å². The highest BCUT2D eigenvalue weighted by molar-refractivity contribution is 6.30. The minimum Gasteiger partial charge on any atom is -0.375 e. The topological polar surface area (TPSA) is 21.3 Å². The largest absolute Gasteiger partial charge is 0.375 e. The van der Waals surface area contributed by atoms with E-state index in [1.165, 1.54) is 5.56 Å². The van der Waals surface area contributed by atoms with Gasteiger partial charge >= 0.3 is 0 Å². The van der Waals surface area contributed by atoms with Gasteiger partial charge in [-0.1, -0.05) is 23.7 Å². The zero-order valence-electron chi connectivity index (χ0n) is 11.4. The lowest BCUT2D eigenvalue weighted by atomic mass is 9.93. The Bertz CT molecular complexity index is 405. The van der Waals surface area contributed by atoms with E-state index in [9.17, 15) is 0 Å². The summed E-state index contributed by atoms with van der Waals surface area (Å²) in [5.74, 6) is 0. The molecule has 1 heterocycles. The van der Waals surface area contributed by atoms with Gasteiger partial charge in [-0.25, -0.2) is 0 Å². The van der Waals surface area contributed by atoms with Crippen LogP contribution < -0.4 is 5.32 Å². The summed E-state index contributed by atoms with van der Waals surface area (Å²) in [7, 11) is 0. The van der Waals surface area contributed by atoms with Crippen molar-refractivity contribution in [3.8, 4) is 0 Å². The van der Waals surface area contributed by atoms with Gasteiger partial charge in [0, 0.05) is 23.7 Å². The zero-order valence-corrected chi connectivity index (χ0v) is 12.1. The van der Waals surface area contributed by atoms with Crippen LogP contribution in [0.5, 0.6) is 0 Å². The molecular weight excluding hydrogens is 246 g/mol. The van der Waals surface area contributed by atoms with E-state index in [4.69, 9.17) is 16.3 Å². The fraction of sp³-hybridized carbons (Fsp3) is 0.600. The summed E-state index contributed by atoms with van der Waals surface area (Å²) >= 11 is 6.03. The third kappa shape index (κ3) is 3.71. The van der Waals surface area contributed by atoms with E-state index in [1.807, 2.05) is 18.2 Å². The summed E-state index contributed by atoms with van der Waals surface area (Å²) in [6, 6.07) is 8.90. The minimum absolute atomic E-state index is 0.00995. The second kappa shape index (κ2) is 5.60. The summed E-state index contributed by atoms with van der Waals surface area (Å²) in [6.45, 7) is 7.34. The highest BCUT2D eigenvalue weighted by atomic mass is 35.5. The maximum absolute atomic E-state index is 6.03. The summed E-state index contributed by atoms with van der Waals surface area (Å²) in [4.78, 5) is 0. The van der Waals surface area contributed by atoms with Crippen molar-refractivity contribution in [2.75, 3.05) is 6.61 Å². The number of ether oxygens (including phenoxy) is 1. The van der Waals surface area contributed by atoms with Gasteiger partial charge in [0.25, 0.3) is 0 Å². The van der Waals surface area contributed by atoms with Crippen LogP contribution in [0.4, 0.5) is 0 Å². The van der Waals surface area contributed by atoms with Gasteiger partial charge in [0.2, 0.25) is 0 Å². The van der Waals surface area contributed by atoms with Crippen molar-refractivity contribution in [1.82, 2.24) is 5.32 Å². The van der Waals surface area contributed by atoms with Crippen molar-refractivity contribution in [3.05, 3.63) is 34.9 Å². The molecule has 0 saturated carbocycles. The van der Waals surface area contributed by atoms with Crippen LogP contribution in [0.15, 0.2) is 24.3 Å². The fourth-order valence-electron chi connectivity index (χ4n) is 2.60. The summed E-state index contributed by atoms with van der Waals surface area (Å²) in [5.41, 5.74) is 1.23. The first-order chi connectivity index (χ1) is 8.46. The monoisotopic (exact) mass is 267 g/mol. The number of halogens is 1. The van der Waals surface area contributed by atoms with Gasteiger partial charge in [-0.2, -0.15) is 0 Å². The van der Waals surface area contributed by atoms with Gasteiger partial charge in [-0.3, -0.25) is 0 Å². The molecule has 0 radical (unpaired) electrons. The van der Waals surface area contributed by atoms with Crippen molar-refractivity contribution < 1.29 is 4.74 Å². The first-order valence-electron chi connectivity index (χ1n) is 6.62. The number of hydrogen-bond donors (Lipinski definition) is 1. The normalized spacial score (nSPS) is 24.8. The molecule has 1 aromatic carbocycles. The molecule has 1 N–H and O–H groups in total. The van der Waals surface area contributed by atoms with Crippen molar-refractivity contribution >= 4 is 11.6 Å². The van der Waals surface area contributed by atoms with Crippen LogP contribution in [-0.4, -0.2) is 18.2 Å². The summed E-state index contributed by atoms with van der Waals surface area (Å²) in [5, 5.41) is 4.48. The molecule has 1 saturated heterocycles. The average Bonchev–Trinajstić information content (AvgIpc) is 2.27. The second-order valence-corrected chi connectivity index (χ2v) is 6.18. The van der Waals surface area contributed by atoms with Crippen molar-refractivity contribution in [2.45, 2.75) is 51.3 Å². The van der Waals surface area contributed by atoms with E-state index in [1.54, 1.807) is 0 Å². The van der Waals surface area contributed by atoms with Gasteiger partial charge in [-0.15, -0.1) is 0 Å². The van der Waals surface area contributed by atoms with E-state index in [-0.39, 0.29) is 5.60 Å². The van der Waals surface area contributed by atoms with Gasteiger partial charge < -0.3 is 10.1 Å². The molecular formula is C15H22ClNO. The van der Waals surface area contributed by atoms with Crippen molar-refractivity contribution in [3.63, 3.8) is 0 Å². The molecule has 1 aliphatic heterocycles. The number of nitrogens with one attached hydrogen (secondary N) is 1. The summed E-state index contributed by atoms with van der Waals surface area (Å²) < 4.78 is 5.74. The third-order valence-corrected chi connectivity index (χ3v) is 3.77. The Morgan fingerprint density at radius 1 is 1.44 bits per heavy atom. The van der Waals surface area contributed by atoms with Gasteiger partial charge in [0.1, 0.15) is 0 Å². The smallest absolute Gasteiger partial charge is 0.0641 e. The van der Waals surface area contributed by atoms with E-state index in [0.717, 1.165) is 24.5 Å². The number of benzene rings is 1. The molecule has 0 aromatic heterocycles. The molecule has 1 fully saturated rings. The Morgan fingerprint density at radius 2 is 2.22 bits per heavy atom. The Balaban J connectivity index is 1.97. The number of hydrogen-bond acceptors (Lipinski definition) is 2. The molecule has 3 heteroatoms. The van der Waals surface area contributed by atoms with E-state index >= 15 is 0 Å². The molecule has 18 heavy (non-hydrogen) atoms. The van der Waals surface area contributed by atoms with E-state index in [2.05, 4.69) is 32.2 Å². The van der Waals surface area contributed by atoms with E-state index in [0.29, 0.717) is 12.1 Å². The Labute approximate surface area is 115 Å². The van der Waals surface area contributed by atoms with Gasteiger partial charge in [-0.05, 0) is 51.3 Å². The van der Waals surface area contributed by atoms with Crippen molar-refractivity contribution in [1.29, 1.82) is 0 Å². The Morgan fingerprint density at radius 3 is 2.89 bits per heavy atom. The highest BCUT2D eigenvalue weighted by Crippen LogP contribution is 2.26. The molecule has 1 aliphatic rings. The Hall–Kier alpha value is -0.570. The molecule has 2 atom stereocenters. The van der Waals surface area contributed by atoms with Crippen LogP contribution in [0.25, 0.3) is 0 Å². The van der Waals surface area contributed by atoms with Crippen LogP contribution in [-0.2, 0) is 4.74 Å². The minimum atomic E-state index is -0.00995.